The molecule has 0 aliphatic carbocycles. The number of nitrogens with one attached hydrogen (secondary N) is 1. The van der Waals surface area contributed by atoms with E-state index in [4.69, 9.17) is 0 Å². The van der Waals surface area contributed by atoms with Crippen molar-refractivity contribution in [3.63, 3.8) is 0 Å². The van der Waals surface area contributed by atoms with Crippen LogP contribution in [-0.2, 0) is 4.79 Å². The molecule has 0 spiro atoms. The van der Waals surface area contributed by atoms with Crippen molar-refractivity contribution in [3.05, 3.63) is 73.7 Å². The van der Waals surface area contributed by atoms with Gasteiger partial charge in [-0.25, -0.2) is 0 Å². The number of carbonyl (C=O) groups is 3. The first-order chi connectivity index (χ1) is 12.8. The second-order valence-corrected chi connectivity index (χ2v) is 6.82. The molecule has 1 unspecified atom stereocenters. The smallest absolute Gasteiger partial charge is 0.282 e. The SMILES string of the molecule is CC(NC(=O)CN1C(=O)c2cccc([N+](=O)[O-])c2C1=O)c1ccccc1Br. The lowest BCUT2D eigenvalue weighted by Gasteiger charge is -2.18. The highest BCUT2D eigenvalue weighted by atomic mass is 79.9. The van der Waals surface area contributed by atoms with E-state index in [-0.39, 0.29) is 17.2 Å². The van der Waals surface area contributed by atoms with Crippen molar-refractivity contribution in [2.75, 3.05) is 6.54 Å². The van der Waals surface area contributed by atoms with Crippen molar-refractivity contribution in [2.45, 2.75) is 13.0 Å². The van der Waals surface area contributed by atoms with Crippen LogP contribution in [0.3, 0.4) is 0 Å². The van der Waals surface area contributed by atoms with Crippen LogP contribution in [0.2, 0.25) is 0 Å². The molecule has 0 radical (unpaired) electrons. The van der Waals surface area contributed by atoms with Gasteiger partial charge < -0.3 is 5.32 Å². The fourth-order valence-corrected chi connectivity index (χ4v) is 3.57. The molecule has 9 heteroatoms. The van der Waals surface area contributed by atoms with E-state index >= 15 is 0 Å². The zero-order chi connectivity index (χ0) is 19.7. The van der Waals surface area contributed by atoms with Gasteiger partial charge in [0.1, 0.15) is 12.1 Å². The van der Waals surface area contributed by atoms with Crippen LogP contribution in [0.15, 0.2) is 46.9 Å². The maximum Gasteiger partial charge on any atom is 0.282 e. The Morgan fingerprint density at radius 2 is 1.89 bits per heavy atom. The molecule has 1 heterocycles. The number of hydrogen-bond acceptors (Lipinski definition) is 5. The monoisotopic (exact) mass is 431 g/mol. The lowest BCUT2D eigenvalue weighted by atomic mass is 10.1. The standard InChI is InChI=1S/C18H14BrN3O5/c1-10(11-5-2-3-7-13(11)19)20-15(23)9-21-17(24)12-6-4-8-14(22(26)27)16(12)18(21)25/h2-8,10H,9H2,1H3,(H,20,23). The lowest BCUT2D eigenvalue weighted by Crippen LogP contribution is -2.41. The fourth-order valence-electron chi connectivity index (χ4n) is 2.95. The van der Waals surface area contributed by atoms with Crippen LogP contribution in [0, 0.1) is 10.1 Å². The number of benzene rings is 2. The van der Waals surface area contributed by atoms with Gasteiger partial charge in [-0.15, -0.1) is 0 Å². The van der Waals surface area contributed by atoms with E-state index < -0.39 is 34.9 Å². The van der Waals surface area contributed by atoms with Gasteiger partial charge in [0.25, 0.3) is 17.5 Å². The first kappa shape index (κ1) is 18.7. The van der Waals surface area contributed by atoms with Crippen LogP contribution >= 0.6 is 15.9 Å². The Kier molecular flexibility index (Phi) is 5.04. The molecule has 138 valence electrons. The maximum absolute atomic E-state index is 12.5. The molecule has 0 saturated carbocycles. The molecule has 0 saturated heterocycles. The number of nitro benzene ring substituents is 1. The molecule has 0 aromatic heterocycles. The summed E-state index contributed by atoms with van der Waals surface area (Å²) in [6, 6.07) is 10.8. The Bertz CT molecular complexity index is 975. The van der Waals surface area contributed by atoms with E-state index in [0.717, 1.165) is 21.0 Å². The van der Waals surface area contributed by atoms with Crippen LogP contribution in [0.25, 0.3) is 0 Å². The summed E-state index contributed by atoms with van der Waals surface area (Å²) >= 11 is 3.40. The Morgan fingerprint density at radius 1 is 1.19 bits per heavy atom. The molecule has 0 bridgehead atoms. The minimum atomic E-state index is -0.842. The molecule has 2 aromatic rings. The van der Waals surface area contributed by atoms with Gasteiger partial charge in [-0.3, -0.25) is 29.4 Å². The van der Waals surface area contributed by atoms with Crippen LogP contribution in [0.5, 0.6) is 0 Å². The van der Waals surface area contributed by atoms with E-state index in [0.29, 0.717) is 0 Å². The summed E-state index contributed by atoms with van der Waals surface area (Å²) in [7, 11) is 0. The second kappa shape index (κ2) is 7.28. The Balaban J connectivity index is 1.77. The summed E-state index contributed by atoms with van der Waals surface area (Å²) < 4.78 is 0.814. The lowest BCUT2D eigenvalue weighted by molar-refractivity contribution is -0.385. The zero-order valence-corrected chi connectivity index (χ0v) is 15.7. The number of nitro groups is 1. The third kappa shape index (κ3) is 3.45. The number of fused-ring (bicyclic) bond motifs is 1. The molecule has 3 rings (SSSR count). The van der Waals surface area contributed by atoms with E-state index in [1.807, 2.05) is 24.3 Å². The van der Waals surface area contributed by atoms with Gasteiger partial charge in [0.15, 0.2) is 0 Å². The van der Waals surface area contributed by atoms with E-state index in [1.54, 1.807) is 6.92 Å². The van der Waals surface area contributed by atoms with E-state index in [1.165, 1.54) is 12.1 Å². The van der Waals surface area contributed by atoms with Crippen molar-refractivity contribution in [1.82, 2.24) is 10.2 Å². The first-order valence-corrected chi connectivity index (χ1v) is 8.78. The normalized spacial score (nSPS) is 14.1. The van der Waals surface area contributed by atoms with Gasteiger partial charge in [-0.2, -0.15) is 0 Å². The fraction of sp³-hybridized carbons (Fsp3) is 0.167. The molecule has 1 aliphatic rings. The number of nitrogens with zero attached hydrogens (tertiary/aromatic N) is 2. The van der Waals surface area contributed by atoms with Crippen molar-refractivity contribution in [2.24, 2.45) is 0 Å². The molecule has 1 atom stereocenters. The van der Waals surface area contributed by atoms with Crippen LogP contribution in [0.4, 0.5) is 5.69 Å². The van der Waals surface area contributed by atoms with Crippen molar-refractivity contribution in [1.29, 1.82) is 0 Å². The molecule has 0 fully saturated rings. The number of halogens is 1. The molecule has 1 aliphatic heterocycles. The van der Waals surface area contributed by atoms with Gasteiger partial charge in [-0.1, -0.05) is 40.2 Å². The number of imide groups is 1. The summed E-state index contributed by atoms with van der Waals surface area (Å²) in [5.41, 5.74) is 0.0409. The number of amides is 3. The van der Waals surface area contributed by atoms with Gasteiger partial charge >= 0.3 is 0 Å². The van der Waals surface area contributed by atoms with Gasteiger partial charge in [-0.05, 0) is 24.6 Å². The quantitative estimate of drug-likeness (QED) is 0.444. The third-order valence-corrected chi connectivity index (χ3v) is 4.95. The van der Waals surface area contributed by atoms with Gasteiger partial charge in [0, 0.05) is 10.5 Å². The number of hydrogen-bond donors (Lipinski definition) is 1. The molecule has 3 amide bonds. The first-order valence-electron chi connectivity index (χ1n) is 7.98. The van der Waals surface area contributed by atoms with Crippen LogP contribution < -0.4 is 5.32 Å². The van der Waals surface area contributed by atoms with Crippen molar-refractivity contribution in [3.8, 4) is 0 Å². The second-order valence-electron chi connectivity index (χ2n) is 5.96. The Labute approximate surface area is 162 Å². The molecular formula is C18H14BrN3O5. The predicted octanol–water partition coefficient (Wildman–Crippen LogP) is 2.83. The molecular weight excluding hydrogens is 418 g/mol. The molecule has 1 N–H and O–H groups in total. The van der Waals surface area contributed by atoms with Crippen LogP contribution in [-0.4, -0.2) is 34.1 Å². The highest BCUT2D eigenvalue weighted by Gasteiger charge is 2.41. The van der Waals surface area contributed by atoms with E-state index in [2.05, 4.69) is 21.2 Å². The summed E-state index contributed by atoms with van der Waals surface area (Å²) in [6.07, 6.45) is 0. The summed E-state index contributed by atoms with van der Waals surface area (Å²) in [5.74, 6) is -2.11. The number of carbonyl (C=O) groups excluding carboxylic acids is 3. The predicted molar refractivity (Wildman–Crippen MR) is 99.2 cm³/mol. The van der Waals surface area contributed by atoms with Crippen LogP contribution in [0.1, 0.15) is 39.2 Å². The molecule has 27 heavy (non-hydrogen) atoms. The summed E-state index contributed by atoms with van der Waals surface area (Å²) in [4.78, 5) is 48.4. The van der Waals surface area contributed by atoms with Gasteiger partial charge in [0.2, 0.25) is 5.91 Å². The minimum absolute atomic E-state index is 0.0687. The zero-order valence-electron chi connectivity index (χ0n) is 14.1. The highest BCUT2D eigenvalue weighted by molar-refractivity contribution is 9.10. The maximum atomic E-state index is 12.5. The summed E-state index contributed by atoms with van der Waals surface area (Å²) in [6.45, 7) is 1.25. The Hall–Kier alpha value is -3.07. The average molecular weight is 432 g/mol. The van der Waals surface area contributed by atoms with Gasteiger partial charge in [0.05, 0.1) is 16.5 Å². The molecule has 8 nitrogen and oxygen atoms in total. The average Bonchev–Trinajstić information content (AvgIpc) is 2.87. The van der Waals surface area contributed by atoms with Crippen molar-refractivity contribution >= 4 is 39.3 Å². The minimum Gasteiger partial charge on any atom is -0.348 e. The topological polar surface area (TPSA) is 110 Å². The highest BCUT2D eigenvalue weighted by Crippen LogP contribution is 2.30. The van der Waals surface area contributed by atoms with Crippen molar-refractivity contribution < 1.29 is 19.3 Å². The summed E-state index contributed by atoms with van der Waals surface area (Å²) in [5, 5.41) is 13.8. The number of rotatable bonds is 5. The Morgan fingerprint density at radius 3 is 2.56 bits per heavy atom. The van der Waals surface area contributed by atoms with E-state index in [9.17, 15) is 24.5 Å². The molecule has 2 aromatic carbocycles. The third-order valence-electron chi connectivity index (χ3n) is 4.22. The largest absolute Gasteiger partial charge is 0.348 e.